The van der Waals surface area contributed by atoms with E-state index in [1.165, 1.54) is 10.9 Å². The summed E-state index contributed by atoms with van der Waals surface area (Å²) in [5.41, 5.74) is 9.08. The minimum Gasteiger partial charge on any atom is -0.459 e. The first kappa shape index (κ1) is 11.7. The quantitative estimate of drug-likeness (QED) is 0.901. The van der Waals surface area contributed by atoms with Crippen LogP contribution >= 0.6 is 15.9 Å². The molecule has 0 spiro atoms. The van der Waals surface area contributed by atoms with Crippen molar-refractivity contribution in [3.63, 3.8) is 0 Å². The van der Waals surface area contributed by atoms with Gasteiger partial charge in [-0.3, -0.25) is 0 Å². The number of nitrogens with two attached hydrogens (primary N) is 1. The minimum absolute atomic E-state index is 0.415. The first-order valence-corrected chi connectivity index (χ1v) is 6.26. The first-order chi connectivity index (χ1) is 7.56. The predicted molar refractivity (Wildman–Crippen MR) is 70.6 cm³/mol. The predicted octanol–water partition coefficient (Wildman–Crippen LogP) is 4.09. The van der Waals surface area contributed by atoms with Gasteiger partial charge < -0.3 is 10.2 Å². The van der Waals surface area contributed by atoms with Gasteiger partial charge in [0.25, 0.3) is 0 Å². The lowest BCUT2D eigenvalue weighted by atomic mass is 9.98. The van der Waals surface area contributed by atoms with Gasteiger partial charge >= 0.3 is 0 Å². The summed E-state index contributed by atoms with van der Waals surface area (Å²) in [6.45, 7) is 6.84. The Balaban J connectivity index is 2.89. The number of rotatable bonds is 2. The maximum Gasteiger partial charge on any atom is 0.138 e. The van der Waals surface area contributed by atoms with Crippen LogP contribution in [0.25, 0.3) is 11.0 Å². The van der Waals surface area contributed by atoms with E-state index >= 15 is 0 Å². The van der Waals surface area contributed by atoms with Crippen molar-refractivity contribution in [2.75, 3.05) is 0 Å². The lowest BCUT2D eigenvalue weighted by molar-refractivity contribution is 0.540. The van der Waals surface area contributed by atoms with Gasteiger partial charge in [-0.25, -0.2) is 0 Å². The van der Waals surface area contributed by atoms with Crippen LogP contribution in [0.2, 0.25) is 0 Å². The molecule has 0 amide bonds. The lowest BCUT2D eigenvalue weighted by Gasteiger charge is -2.06. The SMILES string of the molecule is Cc1ccc(Br)c2c(C(C)C)c(CN)oc12. The van der Waals surface area contributed by atoms with E-state index in [0.717, 1.165) is 21.4 Å². The average molecular weight is 282 g/mol. The maximum atomic E-state index is 5.87. The van der Waals surface area contributed by atoms with Crippen molar-refractivity contribution in [2.45, 2.75) is 33.2 Å². The molecular weight excluding hydrogens is 266 g/mol. The highest BCUT2D eigenvalue weighted by Crippen LogP contribution is 2.37. The molecule has 0 radical (unpaired) electrons. The van der Waals surface area contributed by atoms with Crippen LogP contribution in [0.4, 0.5) is 0 Å². The Kier molecular flexibility index (Phi) is 3.08. The molecule has 2 nitrogen and oxygen atoms in total. The molecule has 1 aromatic heterocycles. The number of hydrogen-bond acceptors (Lipinski definition) is 2. The molecule has 0 atom stereocenters. The van der Waals surface area contributed by atoms with Crippen molar-refractivity contribution in [3.8, 4) is 0 Å². The van der Waals surface area contributed by atoms with Crippen LogP contribution in [-0.2, 0) is 6.54 Å². The largest absolute Gasteiger partial charge is 0.459 e. The molecule has 2 rings (SSSR count). The van der Waals surface area contributed by atoms with Crippen LogP contribution in [-0.4, -0.2) is 0 Å². The fourth-order valence-electron chi connectivity index (χ4n) is 2.13. The zero-order valence-electron chi connectivity index (χ0n) is 9.80. The summed E-state index contributed by atoms with van der Waals surface area (Å²) in [6.07, 6.45) is 0. The lowest BCUT2D eigenvalue weighted by Crippen LogP contribution is -1.99. The van der Waals surface area contributed by atoms with E-state index in [1.54, 1.807) is 0 Å². The van der Waals surface area contributed by atoms with Crippen molar-refractivity contribution < 1.29 is 4.42 Å². The third kappa shape index (κ3) is 1.68. The van der Waals surface area contributed by atoms with Crippen LogP contribution in [0.5, 0.6) is 0 Å². The summed E-state index contributed by atoms with van der Waals surface area (Å²) in [4.78, 5) is 0. The topological polar surface area (TPSA) is 39.2 Å². The highest BCUT2D eigenvalue weighted by Gasteiger charge is 2.19. The number of fused-ring (bicyclic) bond motifs is 1. The Morgan fingerprint density at radius 3 is 2.62 bits per heavy atom. The molecule has 0 unspecified atom stereocenters. The van der Waals surface area contributed by atoms with E-state index in [9.17, 15) is 0 Å². The molecule has 0 fully saturated rings. The van der Waals surface area contributed by atoms with Crippen LogP contribution in [0, 0.1) is 6.92 Å². The van der Waals surface area contributed by atoms with E-state index in [-0.39, 0.29) is 0 Å². The summed E-state index contributed by atoms with van der Waals surface area (Å²) in [5, 5.41) is 1.18. The van der Waals surface area contributed by atoms with Gasteiger partial charge in [0.2, 0.25) is 0 Å². The van der Waals surface area contributed by atoms with Gasteiger partial charge in [0.1, 0.15) is 11.3 Å². The maximum absolute atomic E-state index is 5.87. The Bertz CT molecular complexity index is 528. The molecule has 0 saturated heterocycles. The van der Waals surface area contributed by atoms with Gasteiger partial charge in [0.15, 0.2) is 0 Å². The van der Waals surface area contributed by atoms with Crippen molar-refractivity contribution in [1.29, 1.82) is 0 Å². The number of aryl methyl sites for hydroxylation is 1. The molecule has 16 heavy (non-hydrogen) atoms. The number of hydrogen-bond donors (Lipinski definition) is 1. The van der Waals surface area contributed by atoms with Gasteiger partial charge in [0, 0.05) is 15.4 Å². The second-order valence-electron chi connectivity index (χ2n) is 4.37. The Morgan fingerprint density at radius 1 is 1.38 bits per heavy atom. The second-order valence-corrected chi connectivity index (χ2v) is 5.22. The van der Waals surface area contributed by atoms with Gasteiger partial charge in [-0.1, -0.05) is 35.8 Å². The van der Waals surface area contributed by atoms with Crippen LogP contribution in [0.1, 0.15) is 36.7 Å². The van der Waals surface area contributed by atoms with Crippen LogP contribution < -0.4 is 5.73 Å². The fourth-order valence-corrected chi connectivity index (χ4v) is 2.65. The highest BCUT2D eigenvalue weighted by atomic mass is 79.9. The van der Waals surface area contributed by atoms with Crippen molar-refractivity contribution in [3.05, 3.63) is 33.5 Å². The summed E-state index contributed by atoms with van der Waals surface area (Å²) in [5.74, 6) is 1.32. The van der Waals surface area contributed by atoms with Gasteiger partial charge in [-0.15, -0.1) is 0 Å². The van der Waals surface area contributed by atoms with Crippen molar-refractivity contribution in [1.82, 2.24) is 0 Å². The molecule has 0 aliphatic carbocycles. The number of furan rings is 1. The van der Waals surface area contributed by atoms with Gasteiger partial charge in [-0.2, -0.15) is 0 Å². The van der Waals surface area contributed by atoms with E-state index in [2.05, 4.69) is 48.8 Å². The summed E-state index contributed by atoms with van der Waals surface area (Å²) < 4.78 is 6.95. The minimum atomic E-state index is 0.415. The van der Waals surface area contributed by atoms with Crippen molar-refractivity contribution >= 4 is 26.9 Å². The molecule has 2 N–H and O–H groups in total. The molecule has 0 bridgehead atoms. The summed E-state index contributed by atoms with van der Waals surface area (Å²) in [6, 6.07) is 4.12. The summed E-state index contributed by atoms with van der Waals surface area (Å²) in [7, 11) is 0. The van der Waals surface area contributed by atoms with Crippen molar-refractivity contribution in [2.24, 2.45) is 5.73 Å². The fraction of sp³-hybridized carbons (Fsp3) is 0.385. The summed E-state index contributed by atoms with van der Waals surface area (Å²) >= 11 is 3.59. The molecule has 0 aliphatic rings. The normalized spacial score (nSPS) is 11.6. The third-order valence-electron chi connectivity index (χ3n) is 2.86. The molecule has 2 aromatic rings. The monoisotopic (exact) mass is 281 g/mol. The Labute approximate surface area is 104 Å². The number of benzene rings is 1. The number of halogens is 1. The van der Waals surface area contributed by atoms with Gasteiger partial charge in [0.05, 0.1) is 6.54 Å². The third-order valence-corrected chi connectivity index (χ3v) is 3.52. The zero-order chi connectivity index (χ0) is 11.9. The highest BCUT2D eigenvalue weighted by molar-refractivity contribution is 9.10. The standard InChI is InChI=1S/C13H16BrNO/c1-7(2)11-10(6-15)16-13-8(3)4-5-9(14)12(11)13/h4-5,7H,6,15H2,1-3H3. The molecule has 3 heteroatoms. The average Bonchev–Trinajstić information content (AvgIpc) is 2.64. The van der Waals surface area contributed by atoms with Gasteiger partial charge in [-0.05, 0) is 24.5 Å². The molecule has 1 aromatic carbocycles. The Hall–Kier alpha value is -0.800. The van der Waals surface area contributed by atoms with Crippen LogP contribution in [0.3, 0.4) is 0 Å². The second kappa shape index (κ2) is 4.22. The van der Waals surface area contributed by atoms with E-state index in [1.807, 2.05) is 0 Å². The molecular formula is C13H16BrNO. The van der Waals surface area contributed by atoms with E-state index in [0.29, 0.717) is 12.5 Å². The molecule has 0 aliphatic heterocycles. The molecule has 86 valence electrons. The molecule has 1 heterocycles. The van der Waals surface area contributed by atoms with E-state index < -0.39 is 0 Å². The Morgan fingerprint density at radius 2 is 2.06 bits per heavy atom. The first-order valence-electron chi connectivity index (χ1n) is 5.46. The van der Waals surface area contributed by atoms with E-state index in [4.69, 9.17) is 10.2 Å². The molecule has 0 saturated carbocycles. The smallest absolute Gasteiger partial charge is 0.138 e. The zero-order valence-corrected chi connectivity index (χ0v) is 11.4. The van der Waals surface area contributed by atoms with Crippen LogP contribution in [0.15, 0.2) is 21.0 Å².